The number of hydroxylamine groups is 1. The lowest BCUT2D eigenvalue weighted by Crippen LogP contribution is -2.37. The van der Waals surface area contributed by atoms with Gasteiger partial charge in [0.1, 0.15) is 5.92 Å². The third kappa shape index (κ3) is 2.80. The summed E-state index contributed by atoms with van der Waals surface area (Å²) in [6.45, 7) is 1.93. The Kier molecular flexibility index (Phi) is 4.14. The molecule has 0 spiro atoms. The van der Waals surface area contributed by atoms with Gasteiger partial charge in [-0.2, -0.15) is 0 Å². The van der Waals surface area contributed by atoms with E-state index >= 15 is 0 Å². The second-order valence-electron chi connectivity index (χ2n) is 7.29. The number of carbonyl (C=O) groups is 2. The standard InChI is InChI=1S/C23H19N3O3/c1-15-6-5-9-18(14-15)25-22(27)19-20(16-10-12-24-13-11-16)26(29-21(19)23(25)28)17-7-3-2-4-8-17/h2-14,19-21H,1H3/t19-,20-,21+/m1/s1. The first kappa shape index (κ1) is 17.6. The SMILES string of the molecule is Cc1cccc(N2C(=O)[C@H]3[C@H](ON(c4ccccc4)[C@@H]3c3ccncc3)C2=O)c1. The number of imide groups is 1. The number of anilines is 2. The topological polar surface area (TPSA) is 62.7 Å². The molecule has 3 heterocycles. The van der Waals surface area contributed by atoms with E-state index < -0.39 is 18.1 Å². The van der Waals surface area contributed by atoms with Crippen LogP contribution in [0.2, 0.25) is 0 Å². The summed E-state index contributed by atoms with van der Waals surface area (Å²) in [4.78, 5) is 38.1. The predicted molar refractivity (Wildman–Crippen MR) is 108 cm³/mol. The van der Waals surface area contributed by atoms with Crippen LogP contribution >= 0.6 is 0 Å². The van der Waals surface area contributed by atoms with Crippen LogP contribution in [-0.2, 0) is 14.4 Å². The van der Waals surface area contributed by atoms with Gasteiger partial charge >= 0.3 is 0 Å². The van der Waals surface area contributed by atoms with E-state index in [4.69, 9.17) is 4.84 Å². The minimum Gasteiger partial charge on any atom is -0.273 e. The minimum absolute atomic E-state index is 0.245. The molecule has 6 nitrogen and oxygen atoms in total. The summed E-state index contributed by atoms with van der Waals surface area (Å²) in [7, 11) is 0. The number of carbonyl (C=O) groups excluding carboxylic acids is 2. The smallest absolute Gasteiger partial charge is 0.266 e. The number of aryl methyl sites for hydroxylation is 1. The van der Waals surface area contributed by atoms with Crippen LogP contribution in [0, 0.1) is 12.8 Å². The average Bonchev–Trinajstić information content (AvgIpc) is 3.26. The maximum Gasteiger partial charge on any atom is 0.266 e. The van der Waals surface area contributed by atoms with Crippen molar-refractivity contribution in [2.24, 2.45) is 5.92 Å². The molecule has 2 amide bonds. The number of rotatable bonds is 3. The highest BCUT2D eigenvalue weighted by molar-refractivity contribution is 6.23. The van der Waals surface area contributed by atoms with E-state index in [-0.39, 0.29) is 11.8 Å². The number of hydrogen-bond acceptors (Lipinski definition) is 5. The fourth-order valence-corrected chi connectivity index (χ4v) is 4.13. The first-order chi connectivity index (χ1) is 14.1. The number of pyridine rings is 1. The fourth-order valence-electron chi connectivity index (χ4n) is 4.13. The summed E-state index contributed by atoms with van der Waals surface area (Å²) in [5.41, 5.74) is 3.24. The van der Waals surface area contributed by atoms with E-state index in [1.54, 1.807) is 23.5 Å². The Labute approximate surface area is 168 Å². The molecular formula is C23H19N3O3. The van der Waals surface area contributed by atoms with E-state index in [2.05, 4.69) is 4.98 Å². The molecule has 0 bridgehead atoms. The molecule has 144 valence electrons. The molecule has 0 radical (unpaired) electrons. The van der Waals surface area contributed by atoms with Gasteiger partial charge in [-0.1, -0.05) is 30.3 Å². The highest BCUT2D eigenvalue weighted by Crippen LogP contribution is 2.47. The first-order valence-corrected chi connectivity index (χ1v) is 9.50. The Morgan fingerprint density at radius 3 is 2.31 bits per heavy atom. The molecule has 0 unspecified atom stereocenters. The number of para-hydroxylation sites is 1. The molecule has 6 heteroatoms. The third-order valence-electron chi connectivity index (χ3n) is 5.43. The van der Waals surface area contributed by atoms with Gasteiger partial charge in [0.2, 0.25) is 5.91 Å². The predicted octanol–water partition coefficient (Wildman–Crippen LogP) is 3.44. The van der Waals surface area contributed by atoms with Crippen LogP contribution in [0.4, 0.5) is 11.4 Å². The molecular weight excluding hydrogens is 366 g/mol. The molecule has 2 aliphatic rings. The number of hydrogen-bond donors (Lipinski definition) is 0. The zero-order valence-electron chi connectivity index (χ0n) is 15.8. The second kappa shape index (κ2) is 6.83. The molecule has 3 aromatic rings. The second-order valence-corrected chi connectivity index (χ2v) is 7.29. The molecule has 29 heavy (non-hydrogen) atoms. The van der Waals surface area contributed by atoms with Crippen molar-refractivity contribution >= 4 is 23.2 Å². The number of benzene rings is 2. The van der Waals surface area contributed by atoms with E-state index in [0.717, 1.165) is 16.8 Å². The van der Waals surface area contributed by atoms with Crippen molar-refractivity contribution in [3.63, 3.8) is 0 Å². The van der Waals surface area contributed by atoms with Gasteiger partial charge in [0.05, 0.1) is 17.4 Å². The number of fused-ring (bicyclic) bond motifs is 1. The lowest BCUT2D eigenvalue weighted by molar-refractivity contribution is -0.126. The average molecular weight is 385 g/mol. The van der Waals surface area contributed by atoms with Crippen LogP contribution in [0.1, 0.15) is 17.2 Å². The normalized spacial score (nSPS) is 23.6. The Morgan fingerprint density at radius 2 is 1.59 bits per heavy atom. The molecule has 5 rings (SSSR count). The van der Waals surface area contributed by atoms with Crippen molar-refractivity contribution < 1.29 is 14.4 Å². The van der Waals surface area contributed by atoms with Crippen LogP contribution in [-0.4, -0.2) is 22.9 Å². The largest absolute Gasteiger partial charge is 0.273 e. The summed E-state index contributed by atoms with van der Waals surface area (Å²) in [6.07, 6.45) is 2.51. The number of aromatic nitrogens is 1. The van der Waals surface area contributed by atoms with E-state index in [9.17, 15) is 9.59 Å². The van der Waals surface area contributed by atoms with Gasteiger partial charge in [0, 0.05) is 12.4 Å². The molecule has 1 aromatic heterocycles. The summed E-state index contributed by atoms with van der Waals surface area (Å²) in [5.74, 6) is -1.21. The van der Waals surface area contributed by atoms with Gasteiger partial charge in [-0.05, 0) is 54.4 Å². The highest BCUT2D eigenvalue weighted by atomic mass is 16.7. The zero-order valence-corrected chi connectivity index (χ0v) is 15.8. The number of nitrogens with zero attached hydrogens (tertiary/aromatic N) is 3. The lowest BCUT2D eigenvalue weighted by atomic mass is 9.91. The Bertz CT molecular complexity index is 1070. The van der Waals surface area contributed by atoms with Gasteiger partial charge in [-0.15, -0.1) is 0 Å². The molecule has 2 saturated heterocycles. The van der Waals surface area contributed by atoms with Crippen molar-refractivity contribution in [2.45, 2.75) is 19.1 Å². The van der Waals surface area contributed by atoms with Gasteiger partial charge in [-0.25, -0.2) is 9.96 Å². The maximum atomic E-state index is 13.5. The molecule has 3 atom stereocenters. The quantitative estimate of drug-likeness (QED) is 0.647. The molecule has 0 aliphatic carbocycles. The van der Waals surface area contributed by atoms with Crippen molar-refractivity contribution in [1.82, 2.24) is 4.98 Å². The molecule has 0 saturated carbocycles. The minimum atomic E-state index is -0.860. The maximum absolute atomic E-state index is 13.5. The van der Waals surface area contributed by atoms with Gasteiger partial charge in [0.25, 0.3) is 5.91 Å². The van der Waals surface area contributed by atoms with E-state index in [0.29, 0.717) is 5.69 Å². The summed E-state index contributed by atoms with van der Waals surface area (Å²) in [6, 6.07) is 20.2. The van der Waals surface area contributed by atoms with Crippen LogP contribution in [0.25, 0.3) is 0 Å². The monoisotopic (exact) mass is 385 g/mol. The van der Waals surface area contributed by atoms with E-state index in [1.807, 2.05) is 67.6 Å². The van der Waals surface area contributed by atoms with Crippen LogP contribution < -0.4 is 9.96 Å². The molecule has 0 N–H and O–H groups in total. The van der Waals surface area contributed by atoms with Crippen molar-refractivity contribution in [1.29, 1.82) is 0 Å². The summed E-state index contributed by atoms with van der Waals surface area (Å²) >= 11 is 0. The molecule has 2 aromatic carbocycles. The Morgan fingerprint density at radius 1 is 0.862 bits per heavy atom. The molecule has 2 fully saturated rings. The highest BCUT2D eigenvalue weighted by Gasteiger charge is 2.60. The van der Waals surface area contributed by atoms with Gasteiger partial charge in [0.15, 0.2) is 6.10 Å². The third-order valence-corrected chi connectivity index (χ3v) is 5.43. The first-order valence-electron chi connectivity index (χ1n) is 9.50. The van der Waals surface area contributed by atoms with Crippen molar-refractivity contribution in [2.75, 3.05) is 9.96 Å². The van der Waals surface area contributed by atoms with Crippen LogP contribution in [0.3, 0.4) is 0 Å². The Balaban J connectivity index is 1.59. The van der Waals surface area contributed by atoms with Crippen LogP contribution in [0.15, 0.2) is 79.1 Å². The van der Waals surface area contributed by atoms with Crippen molar-refractivity contribution in [3.8, 4) is 0 Å². The zero-order chi connectivity index (χ0) is 20.0. The van der Waals surface area contributed by atoms with Gasteiger partial charge in [-0.3, -0.25) is 19.4 Å². The molecule has 2 aliphatic heterocycles. The van der Waals surface area contributed by atoms with Gasteiger partial charge < -0.3 is 0 Å². The summed E-state index contributed by atoms with van der Waals surface area (Å²) in [5, 5.41) is 1.69. The van der Waals surface area contributed by atoms with E-state index in [1.165, 1.54) is 4.90 Å². The van der Waals surface area contributed by atoms with Crippen LogP contribution in [0.5, 0.6) is 0 Å². The number of amides is 2. The Hall–Kier alpha value is -3.51. The fraction of sp³-hybridized carbons (Fsp3) is 0.174. The van der Waals surface area contributed by atoms with Crippen molar-refractivity contribution in [3.05, 3.63) is 90.3 Å². The summed E-state index contributed by atoms with van der Waals surface area (Å²) < 4.78 is 0. The lowest BCUT2D eigenvalue weighted by Gasteiger charge is -2.28.